The first-order valence-electron chi connectivity index (χ1n) is 8.16. The fraction of sp³-hybridized carbons (Fsp3) is 0.400. The molecule has 1 fully saturated rings. The molecule has 1 saturated heterocycles. The summed E-state index contributed by atoms with van der Waals surface area (Å²) in [6.07, 6.45) is 2.59. The maximum atomic E-state index is 11.9. The topological polar surface area (TPSA) is 130 Å². The molecule has 1 aliphatic heterocycles. The molecule has 1 aliphatic rings. The molecule has 0 aromatic carbocycles. The zero-order valence-corrected chi connectivity index (χ0v) is 14.2. The molecule has 0 spiro atoms. The number of likely N-dealkylation sites (N-methyl/N-ethyl adjacent to an activating group) is 1. The smallest absolute Gasteiger partial charge is 0.355 e. The highest BCUT2D eigenvalue weighted by molar-refractivity contribution is 5.92. The van der Waals surface area contributed by atoms with Crippen LogP contribution in [-0.2, 0) is 0 Å². The summed E-state index contributed by atoms with van der Waals surface area (Å²) in [6.45, 7) is 5.87. The predicted octanol–water partition coefficient (Wildman–Crippen LogP) is 0.877. The maximum absolute atomic E-state index is 11.9. The van der Waals surface area contributed by atoms with Crippen molar-refractivity contribution >= 4 is 23.2 Å². The Hall–Kier alpha value is -3.21. The van der Waals surface area contributed by atoms with E-state index in [1.807, 2.05) is 4.90 Å². The number of hydrogen-bond donors (Lipinski definition) is 2. The average Bonchev–Trinajstić information content (AvgIpc) is 3.20. The van der Waals surface area contributed by atoms with E-state index in [-0.39, 0.29) is 23.1 Å². The number of hydrazine groups is 1. The fourth-order valence-electron chi connectivity index (χ4n) is 2.72. The largest absolute Gasteiger partial charge is 0.459 e. The van der Waals surface area contributed by atoms with Crippen molar-refractivity contribution in [2.24, 2.45) is 0 Å². The minimum Gasteiger partial charge on any atom is -0.459 e. The highest BCUT2D eigenvalue weighted by Crippen LogP contribution is 2.31. The Morgan fingerprint density at radius 3 is 2.73 bits per heavy atom. The van der Waals surface area contributed by atoms with Crippen LogP contribution >= 0.6 is 0 Å². The van der Waals surface area contributed by atoms with Crippen LogP contribution in [0.1, 0.15) is 17.5 Å². The molecule has 0 atom stereocenters. The first kappa shape index (κ1) is 17.6. The second-order valence-corrected chi connectivity index (χ2v) is 5.63. The van der Waals surface area contributed by atoms with Crippen molar-refractivity contribution < 1.29 is 14.1 Å². The molecular weight excluding hydrogens is 342 g/mol. The van der Waals surface area contributed by atoms with Crippen LogP contribution in [0.25, 0.3) is 0 Å². The Morgan fingerprint density at radius 1 is 1.35 bits per heavy atom. The quantitative estimate of drug-likeness (QED) is 0.568. The summed E-state index contributed by atoms with van der Waals surface area (Å²) in [5, 5.41) is 11.6. The van der Waals surface area contributed by atoms with Crippen LogP contribution in [0.5, 0.6) is 0 Å². The van der Waals surface area contributed by atoms with Crippen molar-refractivity contribution in [1.29, 1.82) is 0 Å². The van der Waals surface area contributed by atoms with Gasteiger partial charge in [-0.25, -0.2) is 9.97 Å². The molecule has 0 bridgehead atoms. The van der Waals surface area contributed by atoms with Crippen molar-refractivity contribution in [2.45, 2.75) is 6.92 Å². The molecule has 26 heavy (non-hydrogen) atoms. The van der Waals surface area contributed by atoms with Gasteiger partial charge in [0.2, 0.25) is 11.6 Å². The number of nitro groups is 1. The minimum absolute atomic E-state index is 0.0742. The predicted molar refractivity (Wildman–Crippen MR) is 92.8 cm³/mol. The Kier molecular flexibility index (Phi) is 5.27. The van der Waals surface area contributed by atoms with Gasteiger partial charge in [0.15, 0.2) is 5.76 Å². The van der Waals surface area contributed by atoms with Gasteiger partial charge >= 0.3 is 11.6 Å². The van der Waals surface area contributed by atoms with E-state index >= 15 is 0 Å². The number of rotatable bonds is 6. The third kappa shape index (κ3) is 3.72. The molecule has 2 N–H and O–H groups in total. The summed E-state index contributed by atoms with van der Waals surface area (Å²) in [4.78, 5) is 35.1. The zero-order chi connectivity index (χ0) is 18.5. The third-order valence-electron chi connectivity index (χ3n) is 4.14. The van der Waals surface area contributed by atoms with E-state index in [1.165, 1.54) is 18.7 Å². The number of carbonyl (C=O) groups excluding carboxylic acids is 1. The molecule has 138 valence electrons. The Morgan fingerprint density at radius 2 is 2.12 bits per heavy atom. The molecule has 0 aliphatic carbocycles. The van der Waals surface area contributed by atoms with E-state index in [0.29, 0.717) is 13.1 Å². The van der Waals surface area contributed by atoms with Gasteiger partial charge in [-0.15, -0.1) is 0 Å². The van der Waals surface area contributed by atoms with Crippen molar-refractivity contribution in [3.8, 4) is 0 Å². The number of nitrogens with zero attached hydrogens (tertiary/aromatic N) is 5. The van der Waals surface area contributed by atoms with Gasteiger partial charge < -0.3 is 14.2 Å². The number of anilines is 2. The van der Waals surface area contributed by atoms with Gasteiger partial charge in [0.1, 0.15) is 6.33 Å². The monoisotopic (exact) mass is 361 g/mol. The second-order valence-electron chi connectivity index (χ2n) is 5.63. The summed E-state index contributed by atoms with van der Waals surface area (Å²) in [6, 6.07) is 3.04. The number of nitrogens with one attached hydrogen (secondary N) is 2. The van der Waals surface area contributed by atoms with Gasteiger partial charge in [0.05, 0.1) is 11.2 Å². The van der Waals surface area contributed by atoms with Crippen LogP contribution < -0.4 is 15.8 Å². The molecular formula is C15H19N7O4. The average molecular weight is 361 g/mol. The third-order valence-corrected chi connectivity index (χ3v) is 4.14. The van der Waals surface area contributed by atoms with Gasteiger partial charge in [-0.3, -0.25) is 25.8 Å². The SMILES string of the molecule is CCN1CCN(c2ncnc(NNC(=O)c3ccco3)c2[N+](=O)[O-])CC1. The fourth-order valence-corrected chi connectivity index (χ4v) is 2.72. The van der Waals surface area contributed by atoms with Crippen molar-refractivity contribution in [3.63, 3.8) is 0 Å². The normalized spacial score (nSPS) is 14.9. The summed E-state index contributed by atoms with van der Waals surface area (Å²) in [5.74, 6) is -0.348. The molecule has 0 unspecified atom stereocenters. The lowest BCUT2D eigenvalue weighted by molar-refractivity contribution is -0.383. The molecule has 11 heteroatoms. The zero-order valence-electron chi connectivity index (χ0n) is 14.2. The van der Waals surface area contributed by atoms with E-state index in [4.69, 9.17) is 4.42 Å². The molecule has 11 nitrogen and oxygen atoms in total. The van der Waals surface area contributed by atoms with E-state index in [2.05, 4.69) is 32.6 Å². The van der Waals surface area contributed by atoms with Crippen LogP contribution in [-0.4, -0.2) is 58.4 Å². The van der Waals surface area contributed by atoms with Gasteiger partial charge in [-0.1, -0.05) is 6.92 Å². The van der Waals surface area contributed by atoms with E-state index < -0.39 is 10.8 Å². The number of hydrogen-bond acceptors (Lipinski definition) is 9. The summed E-state index contributed by atoms with van der Waals surface area (Å²) < 4.78 is 4.97. The lowest BCUT2D eigenvalue weighted by atomic mass is 10.3. The van der Waals surface area contributed by atoms with E-state index in [9.17, 15) is 14.9 Å². The highest BCUT2D eigenvalue weighted by Gasteiger charge is 2.29. The summed E-state index contributed by atoms with van der Waals surface area (Å²) in [7, 11) is 0. The van der Waals surface area contributed by atoms with Crippen molar-refractivity contribution in [2.75, 3.05) is 43.0 Å². The van der Waals surface area contributed by atoms with Gasteiger partial charge in [0, 0.05) is 26.2 Å². The first-order valence-corrected chi connectivity index (χ1v) is 8.16. The molecule has 1 amide bonds. The van der Waals surface area contributed by atoms with Gasteiger partial charge in [-0.2, -0.15) is 0 Å². The maximum Gasteiger partial charge on any atom is 0.355 e. The number of furan rings is 1. The van der Waals surface area contributed by atoms with Crippen LogP contribution in [0.2, 0.25) is 0 Å². The summed E-state index contributed by atoms with van der Waals surface area (Å²) >= 11 is 0. The number of carbonyl (C=O) groups is 1. The van der Waals surface area contributed by atoms with Crippen LogP contribution in [0, 0.1) is 10.1 Å². The van der Waals surface area contributed by atoms with Gasteiger partial charge in [-0.05, 0) is 18.7 Å². The molecule has 3 heterocycles. The van der Waals surface area contributed by atoms with Crippen LogP contribution in [0.4, 0.5) is 17.3 Å². The van der Waals surface area contributed by atoms with Crippen LogP contribution in [0.3, 0.4) is 0 Å². The number of aromatic nitrogens is 2. The lowest BCUT2D eigenvalue weighted by Crippen LogP contribution is -2.46. The Labute approximate surface area is 149 Å². The molecule has 0 saturated carbocycles. The molecule has 2 aromatic rings. The number of piperazine rings is 1. The highest BCUT2D eigenvalue weighted by atomic mass is 16.6. The summed E-state index contributed by atoms with van der Waals surface area (Å²) in [5.41, 5.74) is 4.55. The Bertz CT molecular complexity index is 772. The lowest BCUT2D eigenvalue weighted by Gasteiger charge is -2.34. The molecule has 0 radical (unpaired) electrons. The van der Waals surface area contributed by atoms with Crippen LogP contribution in [0.15, 0.2) is 29.1 Å². The number of amides is 1. The first-order chi connectivity index (χ1) is 12.6. The minimum atomic E-state index is -0.568. The van der Waals surface area contributed by atoms with Crippen molar-refractivity contribution in [1.82, 2.24) is 20.3 Å². The standard InChI is InChI=1S/C15H19N7O4/c1-2-20-5-7-21(8-6-20)14-12(22(24)25)13(16-10-17-14)18-19-15(23)11-4-3-9-26-11/h3-4,9-10H,2,5-8H2,1H3,(H,19,23)(H,16,17,18). The van der Waals surface area contributed by atoms with E-state index in [0.717, 1.165) is 19.6 Å². The molecule has 3 rings (SSSR count). The van der Waals surface area contributed by atoms with Crippen molar-refractivity contribution in [3.05, 3.63) is 40.6 Å². The van der Waals surface area contributed by atoms with E-state index in [1.54, 1.807) is 6.07 Å². The molecule has 2 aromatic heterocycles. The Balaban J connectivity index is 1.78. The second kappa shape index (κ2) is 7.78. The van der Waals surface area contributed by atoms with Gasteiger partial charge in [0.25, 0.3) is 0 Å².